The van der Waals surface area contributed by atoms with E-state index in [9.17, 15) is 4.79 Å². The highest BCUT2D eigenvalue weighted by molar-refractivity contribution is 6.10. The maximum absolute atomic E-state index is 12.2. The molecule has 0 aliphatic rings. The van der Waals surface area contributed by atoms with Gasteiger partial charge in [0.05, 0.1) is 0 Å². The number of carbonyl (C=O) groups excluding carboxylic acids is 1. The number of hydrogen-bond donors (Lipinski definition) is 0. The van der Waals surface area contributed by atoms with Crippen molar-refractivity contribution in [2.45, 2.75) is 6.92 Å². The number of carbonyl (C=O) groups is 1. The summed E-state index contributed by atoms with van der Waals surface area (Å²) < 4.78 is 0. The molecule has 2 aromatic carbocycles. The summed E-state index contributed by atoms with van der Waals surface area (Å²) in [6.07, 6.45) is 1.93. The van der Waals surface area contributed by atoms with Crippen LogP contribution in [0.3, 0.4) is 0 Å². The summed E-state index contributed by atoms with van der Waals surface area (Å²) in [4.78, 5) is 14.3. The van der Waals surface area contributed by atoms with Crippen molar-refractivity contribution in [3.05, 3.63) is 71.3 Å². The van der Waals surface area contributed by atoms with Crippen LogP contribution in [0, 0.1) is 0 Å². The lowest BCUT2D eigenvalue weighted by atomic mass is 10.0. The van der Waals surface area contributed by atoms with Crippen molar-refractivity contribution >= 4 is 17.5 Å². The van der Waals surface area contributed by atoms with Crippen LogP contribution in [0.1, 0.15) is 22.8 Å². The third kappa shape index (κ3) is 3.35. The van der Waals surface area contributed by atoms with Gasteiger partial charge in [0.2, 0.25) is 0 Å². The van der Waals surface area contributed by atoms with Crippen LogP contribution in [0.25, 0.3) is 6.08 Å². The van der Waals surface area contributed by atoms with Gasteiger partial charge in [-0.25, -0.2) is 0 Å². The number of rotatable bonds is 4. The summed E-state index contributed by atoms with van der Waals surface area (Å²) in [6.45, 7) is 1.86. The maximum Gasteiger partial charge on any atom is 0.188 e. The molecule has 0 bridgehead atoms. The van der Waals surface area contributed by atoms with Crippen molar-refractivity contribution < 1.29 is 4.79 Å². The minimum atomic E-state index is 0.0716. The first kappa shape index (κ1) is 14.1. The number of nitrogens with zero attached hydrogens (tertiary/aromatic N) is 1. The molecule has 0 atom stereocenters. The third-order valence-corrected chi connectivity index (χ3v) is 3.19. The Bertz CT molecular complexity index is 610. The Balaban J connectivity index is 2.20. The highest BCUT2D eigenvalue weighted by Crippen LogP contribution is 2.16. The Kier molecular flexibility index (Phi) is 4.36. The molecule has 2 nitrogen and oxygen atoms in total. The first-order valence-electron chi connectivity index (χ1n) is 6.63. The van der Waals surface area contributed by atoms with Crippen LogP contribution in [-0.4, -0.2) is 19.9 Å². The quantitative estimate of drug-likeness (QED) is 0.614. The van der Waals surface area contributed by atoms with Crippen LogP contribution in [0.5, 0.6) is 0 Å². The van der Waals surface area contributed by atoms with Gasteiger partial charge in [-0.1, -0.05) is 42.5 Å². The van der Waals surface area contributed by atoms with Gasteiger partial charge < -0.3 is 4.90 Å². The second kappa shape index (κ2) is 6.20. The normalized spacial score (nSPS) is 11.2. The number of hydrogen-bond acceptors (Lipinski definition) is 2. The summed E-state index contributed by atoms with van der Waals surface area (Å²) >= 11 is 0. The fourth-order valence-electron chi connectivity index (χ4n) is 2.00. The lowest BCUT2D eigenvalue weighted by Crippen LogP contribution is -2.08. The Morgan fingerprint density at radius 3 is 2.10 bits per heavy atom. The Morgan fingerprint density at radius 2 is 1.55 bits per heavy atom. The van der Waals surface area contributed by atoms with Crippen LogP contribution in [-0.2, 0) is 0 Å². The van der Waals surface area contributed by atoms with Gasteiger partial charge in [0.15, 0.2) is 5.78 Å². The van der Waals surface area contributed by atoms with E-state index in [1.807, 2.05) is 81.7 Å². The minimum absolute atomic E-state index is 0.0716. The molecule has 0 fully saturated rings. The molecule has 0 aliphatic heterocycles. The van der Waals surface area contributed by atoms with E-state index in [4.69, 9.17) is 0 Å². The molecule has 0 N–H and O–H groups in total. The summed E-state index contributed by atoms with van der Waals surface area (Å²) in [5, 5.41) is 0. The summed E-state index contributed by atoms with van der Waals surface area (Å²) in [7, 11) is 4.02. The molecule has 0 saturated heterocycles. The molecule has 0 saturated carbocycles. The van der Waals surface area contributed by atoms with E-state index in [1.54, 1.807) is 0 Å². The van der Waals surface area contributed by atoms with Crippen molar-refractivity contribution in [2.24, 2.45) is 0 Å². The van der Waals surface area contributed by atoms with E-state index in [2.05, 4.69) is 4.90 Å². The molecule has 0 heterocycles. The topological polar surface area (TPSA) is 20.3 Å². The van der Waals surface area contributed by atoms with Crippen molar-refractivity contribution in [1.82, 2.24) is 0 Å². The average molecular weight is 265 g/mol. The fraction of sp³-hybridized carbons (Fsp3) is 0.167. The van der Waals surface area contributed by atoms with Gasteiger partial charge >= 0.3 is 0 Å². The second-order valence-corrected chi connectivity index (χ2v) is 5.01. The van der Waals surface area contributed by atoms with Crippen molar-refractivity contribution in [3.8, 4) is 0 Å². The van der Waals surface area contributed by atoms with E-state index >= 15 is 0 Å². The van der Waals surface area contributed by atoms with E-state index in [1.165, 1.54) is 0 Å². The summed E-state index contributed by atoms with van der Waals surface area (Å²) in [6, 6.07) is 17.5. The van der Waals surface area contributed by atoms with Crippen molar-refractivity contribution in [1.29, 1.82) is 0 Å². The molecule has 0 aromatic heterocycles. The van der Waals surface area contributed by atoms with E-state index in [0.717, 1.165) is 22.4 Å². The smallest absolute Gasteiger partial charge is 0.188 e. The van der Waals surface area contributed by atoms with Gasteiger partial charge in [0.1, 0.15) is 0 Å². The molecule has 2 aromatic rings. The van der Waals surface area contributed by atoms with E-state index in [-0.39, 0.29) is 5.78 Å². The predicted octanol–water partition coefficient (Wildman–Crippen LogP) is 4.04. The van der Waals surface area contributed by atoms with Gasteiger partial charge in [-0.15, -0.1) is 0 Å². The number of benzene rings is 2. The van der Waals surface area contributed by atoms with Crippen LogP contribution in [0.15, 0.2) is 60.2 Å². The summed E-state index contributed by atoms with van der Waals surface area (Å²) in [5.74, 6) is 0.0716. The number of ketones is 1. The molecule has 0 unspecified atom stereocenters. The van der Waals surface area contributed by atoms with E-state index in [0.29, 0.717) is 0 Å². The number of Topliss-reactive ketones (excluding diaryl/α,β-unsaturated/α-hetero) is 1. The summed E-state index contributed by atoms with van der Waals surface area (Å²) in [5.41, 5.74) is 3.66. The van der Waals surface area contributed by atoms with E-state index < -0.39 is 0 Å². The number of allylic oxidation sites excluding steroid dienone is 1. The Morgan fingerprint density at radius 1 is 0.950 bits per heavy atom. The SMILES string of the molecule is C/C(=C\c1ccc(N(C)C)cc1)C(=O)c1ccccc1. The second-order valence-electron chi connectivity index (χ2n) is 5.01. The molecule has 102 valence electrons. The van der Waals surface area contributed by atoms with Gasteiger partial charge in [-0.2, -0.15) is 0 Å². The predicted molar refractivity (Wildman–Crippen MR) is 85.2 cm³/mol. The fourth-order valence-corrected chi connectivity index (χ4v) is 2.00. The van der Waals surface area contributed by atoms with Crippen molar-refractivity contribution in [2.75, 3.05) is 19.0 Å². The minimum Gasteiger partial charge on any atom is -0.378 e. The Labute approximate surface area is 120 Å². The van der Waals surface area contributed by atoms with Crippen molar-refractivity contribution in [3.63, 3.8) is 0 Å². The molecule has 0 aliphatic carbocycles. The largest absolute Gasteiger partial charge is 0.378 e. The standard InChI is InChI=1S/C18H19NO/c1-14(18(20)16-7-5-4-6-8-16)13-15-9-11-17(12-10-15)19(2)3/h4-13H,1-3H3/b14-13+. The molecule has 0 spiro atoms. The zero-order chi connectivity index (χ0) is 14.5. The van der Waals surface area contributed by atoms with Crippen LogP contribution >= 0.6 is 0 Å². The molecular weight excluding hydrogens is 246 g/mol. The molecule has 0 radical (unpaired) electrons. The third-order valence-electron chi connectivity index (χ3n) is 3.19. The average Bonchev–Trinajstić information content (AvgIpc) is 2.48. The molecule has 0 amide bonds. The first-order valence-corrected chi connectivity index (χ1v) is 6.63. The Hall–Kier alpha value is -2.35. The highest BCUT2D eigenvalue weighted by Gasteiger charge is 2.07. The van der Waals surface area contributed by atoms with Crippen LogP contribution in [0.2, 0.25) is 0 Å². The molecular formula is C18H19NO. The van der Waals surface area contributed by atoms with Gasteiger partial charge in [0, 0.05) is 25.3 Å². The van der Waals surface area contributed by atoms with Crippen LogP contribution < -0.4 is 4.90 Å². The lowest BCUT2D eigenvalue weighted by Gasteiger charge is -2.12. The zero-order valence-electron chi connectivity index (χ0n) is 12.1. The van der Waals surface area contributed by atoms with Gasteiger partial charge in [-0.3, -0.25) is 4.79 Å². The number of anilines is 1. The molecule has 2 rings (SSSR count). The molecule has 2 heteroatoms. The monoisotopic (exact) mass is 265 g/mol. The van der Waals surface area contributed by atoms with Gasteiger partial charge in [0.25, 0.3) is 0 Å². The maximum atomic E-state index is 12.2. The van der Waals surface area contributed by atoms with Gasteiger partial charge in [-0.05, 0) is 36.3 Å². The zero-order valence-corrected chi connectivity index (χ0v) is 12.1. The lowest BCUT2D eigenvalue weighted by molar-refractivity contribution is 0.103. The highest BCUT2D eigenvalue weighted by atomic mass is 16.1. The first-order chi connectivity index (χ1) is 9.58. The van der Waals surface area contributed by atoms with Crippen LogP contribution in [0.4, 0.5) is 5.69 Å². The molecule has 20 heavy (non-hydrogen) atoms.